The highest BCUT2D eigenvalue weighted by atomic mass is 32.2. The average molecular weight is 439 g/mol. The van der Waals surface area contributed by atoms with Crippen molar-refractivity contribution in [2.24, 2.45) is 0 Å². The predicted octanol–water partition coefficient (Wildman–Crippen LogP) is 2.89. The molecule has 1 unspecified atom stereocenters. The van der Waals surface area contributed by atoms with Crippen LogP contribution in [0, 0.1) is 0 Å². The first kappa shape index (κ1) is 22.2. The molecule has 0 radical (unpaired) electrons. The fourth-order valence-electron chi connectivity index (χ4n) is 2.94. The topological polar surface area (TPSA) is 107 Å². The Kier molecular flexibility index (Phi) is 6.86. The molecule has 3 aromatic rings. The number of anilines is 1. The summed E-state index contributed by atoms with van der Waals surface area (Å²) in [7, 11) is 1.24. The minimum Gasteiger partial charge on any atom is -0.468 e. The quantitative estimate of drug-likeness (QED) is 0.261. The van der Waals surface area contributed by atoms with Gasteiger partial charge in [0.15, 0.2) is 10.9 Å². The number of hydrogen-bond acceptors (Lipinski definition) is 7. The van der Waals surface area contributed by atoms with E-state index >= 15 is 0 Å². The summed E-state index contributed by atoms with van der Waals surface area (Å²) in [6.07, 6.45) is 0. The van der Waals surface area contributed by atoms with Crippen LogP contribution in [0.3, 0.4) is 0 Å². The summed E-state index contributed by atoms with van der Waals surface area (Å²) < 4.78 is 5.93. The molecule has 31 heavy (non-hydrogen) atoms. The summed E-state index contributed by atoms with van der Waals surface area (Å²) in [5, 5.41) is 2.70. The van der Waals surface area contributed by atoms with E-state index in [-0.39, 0.29) is 29.0 Å². The molecule has 8 nitrogen and oxygen atoms in total. The summed E-state index contributed by atoms with van der Waals surface area (Å²) in [5.74, 6) is -0.964. The fourth-order valence-corrected chi connectivity index (χ4v) is 3.92. The molecule has 1 aromatic heterocycles. The van der Waals surface area contributed by atoms with Gasteiger partial charge in [-0.05, 0) is 43.3 Å². The summed E-state index contributed by atoms with van der Waals surface area (Å²) in [6, 6.07) is 13.4. The van der Waals surface area contributed by atoms with Crippen molar-refractivity contribution in [3.05, 3.63) is 64.4 Å². The van der Waals surface area contributed by atoms with Crippen LogP contribution in [0.2, 0.25) is 0 Å². The van der Waals surface area contributed by atoms with Crippen LogP contribution < -0.4 is 10.9 Å². The van der Waals surface area contributed by atoms with E-state index in [0.717, 1.165) is 11.8 Å². The molecule has 0 bridgehead atoms. The number of aromatic nitrogens is 2. The number of benzene rings is 2. The molecular weight excluding hydrogens is 418 g/mol. The van der Waals surface area contributed by atoms with Crippen LogP contribution in [0.4, 0.5) is 5.69 Å². The zero-order chi connectivity index (χ0) is 22.5. The number of thioether (sulfide) groups is 1. The number of ether oxygens (including phenoxy) is 1. The highest BCUT2D eigenvalue weighted by Gasteiger charge is 2.22. The van der Waals surface area contributed by atoms with Gasteiger partial charge < -0.3 is 10.1 Å². The maximum atomic E-state index is 12.9. The number of hydrogen-bond donors (Lipinski definition) is 1. The molecule has 2 aromatic carbocycles. The second kappa shape index (κ2) is 9.57. The van der Waals surface area contributed by atoms with E-state index in [9.17, 15) is 19.2 Å². The van der Waals surface area contributed by atoms with Gasteiger partial charge in [0.25, 0.3) is 5.56 Å². The lowest BCUT2D eigenvalue weighted by atomic mass is 10.1. The lowest BCUT2D eigenvalue weighted by Gasteiger charge is -2.15. The number of fused-ring (bicyclic) bond motifs is 1. The Bertz CT molecular complexity index is 1200. The monoisotopic (exact) mass is 439 g/mol. The lowest BCUT2D eigenvalue weighted by molar-refractivity contribution is -0.141. The summed E-state index contributed by atoms with van der Waals surface area (Å²) in [5.41, 5.74) is 1.15. The predicted molar refractivity (Wildman–Crippen MR) is 118 cm³/mol. The van der Waals surface area contributed by atoms with Gasteiger partial charge in [0, 0.05) is 18.2 Å². The number of esters is 1. The second-order valence-electron chi connectivity index (χ2n) is 6.76. The van der Waals surface area contributed by atoms with Crippen molar-refractivity contribution < 1.29 is 19.1 Å². The molecule has 1 amide bonds. The first-order valence-electron chi connectivity index (χ1n) is 9.45. The van der Waals surface area contributed by atoms with Gasteiger partial charge >= 0.3 is 5.97 Å². The van der Waals surface area contributed by atoms with Crippen molar-refractivity contribution >= 4 is 46.0 Å². The molecule has 0 aliphatic heterocycles. The molecule has 0 aliphatic rings. The molecule has 9 heteroatoms. The minimum atomic E-state index is -0.589. The van der Waals surface area contributed by atoms with Gasteiger partial charge in [-0.3, -0.25) is 23.7 Å². The van der Waals surface area contributed by atoms with Gasteiger partial charge in [0.2, 0.25) is 5.91 Å². The van der Waals surface area contributed by atoms with Gasteiger partial charge in [0.05, 0.1) is 23.3 Å². The standard InChI is InChI=1S/C22H21N3O5S/c1-13(20(28)15-8-10-16(11-9-15)23-14(2)26)31-22-24-18-7-5-4-6-17(18)21(29)25(22)12-19(27)30-3/h4-11,13H,12H2,1-3H3,(H,23,26). The zero-order valence-electron chi connectivity index (χ0n) is 17.2. The van der Waals surface area contributed by atoms with E-state index in [1.807, 2.05) is 0 Å². The maximum absolute atomic E-state index is 12.9. The van der Waals surface area contributed by atoms with Crippen LogP contribution in [-0.4, -0.2) is 39.6 Å². The smallest absolute Gasteiger partial charge is 0.325 e. The van der Waals surface area contributed by atoms with Gasteiger partial charge in [-0.2, -0.15) is 0 Å². The molecule has 1 atom stereocenters. The largest absolute Gasteiger partial charge is 0.468 e. The Morgan fingerprint density at radius 1 is 1.13 bits per heavy atom. The molecule has 1 heterocycles. The minimum absolute atomic E-state index is 0.175. The SMILES string of the molecule is COC(=O)Cn1c(SC(C)C(=O)c2ccc(NC(C)=O)cc2)nc2ccccc2c1=O. The van der Waals surface area contributed by atoms with Crippen molar-refractivity contribution in [3.8, 4) is 0 Å². The first-order chi connectivity index (χ1) is 14.8. The second-order valence-corrected chi connectivity index (χ2v) is 8.07. The molecular formula is C22H21N3O5S. The fraction of sp³-hybridized carbons (Fsp3) is 0.227. The van der Waals surface area contributed by atoms with Gasteiger partial charge in [-0.15, -0.1) is 0 Å². The van der Waals surface area contributed by atoms with Crippen molar-refractivity contribution in [2.45, 2.75) is 30.8 Å². The number of methoxy groups -OCH3 is 1. The molecule has 160 valence electrons. The van der Waals surface area contributed by atoms with Crippen LogP contribution in [0.1, 0.15) is 24.2 Å². The van der Waals surface area contributed by atoms with Crippen LogP contribution in [0.25, 0.3) is 10.9 Å². The van der Waals surface area contributed by atoms with Crippen LogP contribution >= 0.6 is 11.8 Å². The van der Waals surface area contributed by atoms with Crippen molar-refractivity contribution in [3.63, 3.8) is 0 Å². The lowest BCUT2D eigenvalue weighted by Crippen LogP contribution is -2.28. The molecule has 0 aliphatic carbocycles. The number of amides is 1. The number of nitrogens with zero attached hydrogens (tertiary/aromatic N) is 2. The third-order valence-corrected chi connectivity index (χ3v) is 5.57. The summed E-state index contributed by atoms with van der Waals surface area (Å²) in [6.45, 7) is 2.81. The Morgan fingerprint density at radius 3 is 2.45 bits per heavy atom. The third-order valence-electron chi connectivity index (χ3n) is 4.48. The number of rotatable bonds is 7. The van der Waals surface area contributed by atoms with E-state index < -0.39 is 11.2 Å². The van der Waals surface area contributed by atoms with Crippen LogP contribution in [0.15, 0.2) is 58.5 Å². The average Bonchev–Trinajstić information content (AvgIpc) is 2.75. The van der Waals surface area contributed by atoms with Crippen LogP contribution in [0.5, 0.6) is 0 Å². The number of carbonyl (C=O) groups is 3. The highest BCUT2D eigenvalue weighted by molar-refractivity contribution is 8.00. The normalized spacial score (nSPS) is 11.7. The molecule has 0 saturated carbocycles. The molecule has 1 N–H and O–H groups in total. The van der Waals surface area contributed by atoms with E-state index in [1.165, 1.54) is 18.6 Å². The zero-order valence-corrected chi connectivity index (χ0v) is 18.1. The number of ketones is 1. The molecule has 0 fully saturated rings. The number of para-hydroxylation sites is 1. The van der Waals surface area contributed by atoms with E-state index in [1.54, 1.807) is 55.5 Å². The van der Waals surface area contributed by atoms with Crippen LogP contribution in [-0.2, 0) is 20.9 Å². The van der Waals surface area contributed by atoms with Gasteiger partial charge in [-0.1, -0.05) is 23.9 Å². The molecule has 0 saturated heterocycles. The number of nitrogens with one attached hydrogen (secondary N) is 1. The third kappa shape index (κ3) is 5.18. The van der Waals surface area contributed by atoms with E-state index in [0.29, 0.717) is 22.2 Å². The van der Waals surface area contributed by atoms with Gasteiger partial charge in [0.1, 0.15) is 6.54 Å². The Balaban J connectivity index is 1.91. The molecule has 0 spiro atoms. The highest BCUT2D eigenvalue weighted by Crippen LogP contribution is 2.25. The first-order valence-corrected chi connectivity index (χ1v) is 10.3. The number of Topliss-reactive ketones (excluding diaryl/α,β-unsaturated/α-hetero) is 1. The number of carbonyl (C=O) groups excluding carboxylic acids is 3. The Hall–Kier alpha value is -3.46. The van der Waals surface area contributed by atoms with E-state index in [2.05, 4.69) is 10.3 Å². The van der Waals surface area contributed by atoms with Crippen molar-refractivity contribution in [1.82, 2.24) is 9.55 Å². The van der Waals surface area contributed by atoms with Crippen molar-refractivity contribution in [2.75, 3.05) is 12.4 Å². The Labute approximate surface area is 182 Å². The van der Waals surface area contributed by atoms with Gasteiger partial charge in [-0.25, -0.2) is 4.98 Å². The summed E-state index contributed by atoms with van der Waals surface area (Å²) in [4.78, 5) is 53.3. The molecule has 3 rings (SSSR count). The van der Waals surface area contributed by atoms with Crippen molar-refractivity contribution in [1.29, 1.82) is 0 Å². The van der Waals surface area contributed by atoms with E-state index in [4.69, 9.17) is 4.74 Å². The summed E-state index contributed by atoms with van der Waals surface area (Å²) >= 11 is 1.09. The Morgan fingerprint density at radius 2 is 1.81 bits per heavy atom. The maximum Gasteiger partial charge on any atom is 0.325 e.